The van der Waals surface area contributed by atoms with Crippen molar-refractivity contribution < 1.29 is 9.90 Å². The van der Waals surface area contributed by atoms with E-state index in [0.29, 0.717) is 5.82 Å². The molecule has 19 heavy (non-hydrogen) atoms. The van der Waals surface area contributed by atoms with E-state index in [9.17, 15) is 9.90 Å². The van der Waals surface area contributed by atoms with Gasteiger partial charge in [0.25, 0.3) is 0 Å². The van der Waals surface area contributed by atoms with Crippen LogP contribution in [0.5, 0.6) is 5.75 Å². The summed E-state index contributed by atoms with van der Waals surface area (Å²) in [6.07, 6.45) is 1.87. The minimum Gasteiger partial charge on any atom is -0.508 e. The summed E-state index contributed by atoms with van der Waals surface area (Å²) in [4.78, 5) is 11.7. The molecule has 1 aromatic rings. The molecule has 4 N–H and O–H groups in total. The number of carbonyl (C=O) groups is 1. The van der Waals surface area contributed by atoms with Crippen LogP contribution in [0.3, 0.4) is 0 Å². The maximum Gasteiger partial charge on any atom is 0.229 e. The van der Waals surface area contributed by atoms with Gasteiger partial charge in [0, 0.05) is 0 Å². The number of phenolic OH excluding ortho intramolecular Hbond substituents is 1. The smallest absolute Gasteiger partial charge is 0.229 e. The fraction of sp³-hybridized carbons (Fsp3) is 0.400. The molecule has 0 aliphatic heterocycles. The van der Waals surface area contributed by atoms with Crippen molar-refractivity contribution in [1.29, 1.82) is 0 Å². The Morgan fingerprint density at radius 3 is 2.58 bits per heavy atom. The van der Waals surface area contributed by atoms with Crippen molar-refractivity contribution in [2.45, 2.75) is 39.5 Å². The number of hydrogen-bond acceptors (Lipinski definition) is 3. The highest BCUT2D eigenvalue weighted by atomic mass is 16.3. The summed E-state index contributed by atoms with van der Waals surface area (Å²) in [5.41, 5.74) is 7.05. The number of carbonyl (C=O) groups excluding carboxylic acids is 1. The Morgan fingerprint density at radius 2 is 2.05 bits per heavy atom. The largest absolute Gasteiger partial charge is 0.508 e. The number of allylic oxidation sites excluding steroid dienone is 1. The number of nitrogens with two attached hydrogens (primary N) is 1. The second kappa shape index (κ2) is 5.78. The molecule has 4 nitrogen and oxygen atoms in total. The van der Waals surface area contributed by atoms with Gasteiger partial charge in [-0.25, -0.2) is 0 Å². The number of rotatable bonds is 3. The number of benzene rings is 1. The summed E-state index contributed by atoms with van der Waals surface area (Å²) in [6.45, 7) is 7.81. The van der Waals surface area contributed by atoms with E-state index in [1.165, 1.54) is 0 Å². The molecule has 0 spiro atoms. The maximum absolute atomic E-state index is 11.7. The third-order valence-corrected chi connectivity index (χ3v) is 2.83. The molecule has 0 saturated carbocycles. The number of aromatic hydroxyl groups is 1. The molecule has 0 unspecified atom stereocenters. The number of amides is 1. The summed E-state index contributed by atoms with van der Waals surface area (Å²) in [7, 11) is 0. The highest BCUT2D eigenvalue weighted by Crippen LogP contribution is 2.31. The average molecular weight is 262 g/mol. The van der Waals surface area contributed by atoms with E-state index in [1.807, 2.05) is 26.8 Å². The Morgan fingerprint density at radius 1 is 1.42 bits per heavy atom. The summed E-state index contributed by atoms with van der Waals surface area (Å²) in [5.74, 6) is 0.436. The molecule has 0 aromatic heterocycles. The predicted octanol–water partition coefficient (Wildman–Crippen LogP) is 2.17. The highest BCUT2D eigenvalue weighted by molar-refractivity contribution is 5.80. The van der Waals surface area contributed by atoms with Gasteiger partial charge < -0.3 is 16.2 Å². The van der Waals surface area contributed by atoms with Gasteiger partial charge in [0.1, 0.15) is 5.75 Å². The molecular weight excluding hydrogens is 240 g/mol. The molecule has 0 saturated heterocycles. The molecule has 0 bridgehead atoms. The van der Waals surface area contributed by atoms with E-state index in [0.717, 1.165) is 11.1 Å². The molecule has 0 aliphatic carbocycles. The lowest BCUT2D eigenvalue weighted by atomic mass is 9.85. The summed E-state index contributed by atoms with van der Waals surface area (Å²) in [5, 5.41) is 12.4. The summed E-state index contributed by atoms with van der Waals surface area (Å²) >= 11 is 0. The van der Waals surface area contributed by atoms with Crippen LogP contribution < -0.4 is 11.1 Å². The monoisotopic (exact) mass is 262 g/mol. The molecule has 0 atom stereocenters. The van der Waals surface area contributed by atoms with Crippen molar-refractivity contribution >= 4 is 5.91 Å². The molecule has 1 aromatic carbocycles. The van der Waals surface area contributed by atoms with Gasteiger partial charge in [-0.2, -0.15) is 0 Å². The number of nitrogens with one attached hydrogen (secondary N) is 1. The number of hydrogen-bond donors (Lipinski definition) is 3. The molecule has 4 heteroatoms. The van der Waals surface area contributed by atoms with Gasteiger partial charge in [-0.3, -0.25) is 4.79 Å². The van der Waals surface area contributed by atoms with Gasteiger partial charge in [-0.1, -0.05) is 32.9 Å². The fourth-order valence-electron chi connectivity index (χ4n) is 1.76. The van der Waals surface area contributed by atoms with Crippen LogP contribution in [0.15, 0.2) is 30.1 Å². The Bertz CT molecular complexity index is 499. The first kappa shape index (κ1) is 15.1. The third-order valence-electron chi connectivity index (χ3n) is 2.83. The van der Waals surface area contributed by atoms with Gasteiger partial charge in [0.15, 0.2) is 0 Å². The van der Waals surface area contributed by atoms with Crippen molar-refractivity contribution in [3.8, 4) is 5.75 Å². The van der Waals surface area contributed by atoms with E-state index in [2.05, 4.69) is 5.32 Å². The Balaban J connectivity index is 2.89. The SMILES string of the molecule is CC=C(N)NC(=O)Cc1ccc(O)c(C(C)(C)C)c1. The van der Waals surface area contributed by atoms with Gasteiger partial charge >= 0.3 is 0 Å². The van der Waals surface area contributed by atoms with Gasteiger partial charge in [-0.15, -0.1) is 0 Å². The lowest BCUT2D eigenvalue weighted by Crippen LogP contribution is -2.28. The molecular formula is C15H22N2O2. The molecule has 0 fully saturated rings. The average Bonchev–Trinajstić information content (AvgIpc) is 2.29. The topological polar surface area (TPSA) is 75.3 Å². The van der Waals surface area contributed by atoms with Crippen LogP contribution in [-0.2, 0) is 16.6 Å². The second-order valence-corrected chi connectivity index (χ2v) is 5.57. The van der Waals surface area contributed by atoms with E-state index < -0.39 is 0 Å². The third kappa shape index (κ3) is 4.32. The first-order valence-electron chi connectivity index (χ1n) is 6.28. The Kier molecular flexibility index (Phi) is 4.59. The van der Waals surface area contributed by atoms with Gasteiger partial charge in [0.2, 0.25) is 5.91 Å². The lowest BCUT2D eigenvalue weighted by Gasteiger charge is -2.21. The zero-order chi connectivity index (χ0) is 14.6. The first-order chi connectivity index (χ1) is 8.74. The van der Waals surface area contributed by atoms with Crippen LogP contribution in [0.25, 0.3) is 0 Å². The van der Waals surface area contributed by atoms with E-state index in [1.54, 1.807) is 25.1 Å². The molecule has 1 rings (SSSR count). The zero-order valence-corrected chi connectivity index (χ0v) is 11.9. The van der Waals surface area contributed by atoms with Crippen LogP contribution in [0.1, 0.15) is 38.8 Å². The summed E-state index contributed by atoms with van der Waals surface area (Å²) < 4.78 is 0. The van der Waals surface area contributed by atoms with E-state index in [4.69, 9.17) is 5.73 Å². The van der Waals surface area contributed by atoms with Gasteiger partial charge in [-0.05, 0) is 35.6 Å². The molecule has 0 radical (unpaired) electrons. The maximum atomic E-state index is 11.7. The van der Waals surface area contributed by atoms with E-state index >= 15 is 0 Å². The lowest BCUT2D eigenvalue weighted by molar-refractivity contribution is -0.119. The highest BCUT2D eigenvalue weighted by Gasteiger charge is 2.18. The van der Waals surface area contributed by atoms with Crippen LogP contribution >= 0.6 is 0 Å². The van der Waals surface area contributed by atoms with Gasteiger partial charge in [0.05, 0.1) is 12.2 Å². The molecule has 0 heterocycles. The molecule has 0 aliphatic rings. The van der Waals surface area contributed by atoms with E-state index in [-0.39, 0.29) is 23.5 Å². The Hall–Kier alpha value is -1.97. The van der Waals surface area contributed by atoms with Crippen LogP contribution in [-0.4, -0.2) is 11.0 Å². The van der Waals surface area contributed by atoms with Crippen molar-refractivity contribution in [2.75, 3.05) is 0 Å². The second-order valence-electron chi connectivity index (χ2n) is 5.57. The molecule has 104 valence electrons. The minimum atomic E-state index is -0.168. The summed E-state index contributed by atoms with van der Waals surface area (Å²) in [6, 6.07) is 5.24. The van der Waals surface area contributed by atoms with Crippen LogP contribution in [0, 0.1) is 0 Å². The van der Waals surface area contributed by atoms with Crippen LogP contribution in [0.4, 0.5) is 0 Å². The first-order valence-corrected chi connectivity index (χ1v) is 6.28. The zero-order valence-electron chi connectivity index (χ0n) is 11.9. The number of phenols is 1. The van der Waals surface area contributed by atoms with Crippen LogP contribution in [0.2, 0.25) is 0 Å². The van der Waals surface area contributed by atoms with Crippen molar-refractivity contribution in [3.05, 3.63) is 41.2 Å². The van der Waals surface area contributed by atoms with Crippen molar-refractivity contribution in [3.63, 3.8) is 0 Å². The minimum absolute atomic E-state index is 0.166. The fourth-order valence-corrected chi connectivity index (χ4v) is 1.76. The standard InChI is InChI=1S/C15H22N2O2/c1-5-13(16)17-14(19)9-10-6-7-12(18)11(8-10)15(2,3)4/h5-8,18H,9,16H2,1-4H3,(H,17,19). The Labute approximate surface area is 114 Å². The quantitative estimate of drug-likeness (QED) is 0.781. The molecule has 1 amide bonds. The predicted molar refractivity (Wildman–Crippen MR) is 76.6 cm³/mol. The normalized spacial score (nSPS) is 12.3. The van der Waals surface area contributed by atoms with Crippen molar-refractivity contribution in [2.24, 2.45) is 5.73 Å². The van der Waals surface area contributed by atoms with Crippen molar-refractivity contribution in [1.82, 2.24) is 5.32 Å².